The van der Waals surface area contributed by atoms with Crippen molar-refractivity contribution in [3.8, 4) is 11.8 Å². The van der Waals surface area contributed by atoms with E-state index in [2.05, 4.69) is 36.8 Å². The van der Waals surface area contributed by atoms with Crippen LogP contribution >= 0.6 is 0 Å². The Balaban J connectivity index is 1.77. The fourth-order valence-electron chi connectivity index (χ4n) is 2.90. The molecule has 0 saturated carbocycles. The van der Waals surface area contributed by atoms with E-state index in [1.807, 2.05) is 19.1 Å². The van der Waals surface area contributed by atoms with Crippen molar-refractivity contribution in [1.29, 1.82) is 5.26 Å². The molecule has 0 atom stereocenters. The van der Waals surface area contributed by atoms with Gasteiger partial charge >= 0.3 is 0 Å². The third kappa shape index (κ3) is 2.53. The molecule has 0 saturated heterocycles. The molecule has 4 aromatic heterocycles. The van der Waals surface area contributed by atoms with E-state index in [4.69, 9.17) is 4.63 Å². The lowest BCUT2D eigenvalue weighted by atomic mass is 10.0. The van der Waals surface area contributed by atoms with Crippen LogP contribution in [0.3, 0.4) is 0 Å². The molecule has 0 fully saturated rings. The largest absolute Gasteiger partial charge is 0.386 e. The minimum Gasteiger partial charge on any atom is -0.386 e. The molecule has 1 N–H and O–H groups in total. The monoisotopic (exact) mass is 346 g/mol. The highest BCUT2D eigenvalue weighted by Crippen LogP contribution is 2.28. The van der Waals surface area contributed by atoms with Gasteiger partial charge in [0.25, 0.3) is 0 Å². The molecule has 0 aliphatic rings. The number of rotatable bonds is 4. The molecule has 4 aromatic rings. The molecule has 0 radical (unpaired) electrons. The van der Waals surface area contributed by atoms with Crippen LogP contribution in [0.2, 0.25) is 0 Å². The normalized spacial score (nSPS) is 10.8. The van der Waals surface area contributed by atoms with Gasteiger partial charge < -0.3 is 5.32 Å². The maximum atomic E-state index is 9.47. The topological polar surface area (TPSA) is 118 Å². The van der Waals surface area contributed by atoms with E-state index in [1.165, 1.54) is 0 Å². The Labute approximate surface area is 148 Å². The van der Waals surface area contributed by atoms with E-state index in [-0.39, 0.29) is 0 Å². The summed E-state index contributed by atoms with van der Waals surface area (Å²) in [5.41, 5.74) is 5.25. The van der Waals surface area contributed by atoms with Crippen molar-refractivity contribution < 1.29 is 4.63 Å². The van der Waals surface area contributed by atoms with Gasteiger partial charge in [-0.05, 0) is 35.4 Å². The van der Waals surface area contributed by atoms with Crippen LogP contribution in [0.5, 0.6) is 0 Å². The molecule has 0 aliphatic carbocycles. The Hall–Kier alpha value is -3.80. The summed E-state index contributed by atoms with van der Waals surface area (Å²) in [4.78, 5) is 8.92. The molecule has 9 nitrogen and oxygen atoms in total. The summed E-state index contributed by atoms with van der Waals surface area (Å²) < 4.78 is 6.41. The first-order valence-corrected chi connectivity index (χ1v) is 7.90. The van der Waals surface area contributed by atoms with Gasteiger partial charge in [-0.15, -0.1) is 0 Å². The average molecular weight is 346 g/mol. The molecule has 0 aliphatic heterocycles. The van der Waals surface area contributed by atoms with Gasteiger partial charge in [0.05, 0.1) is 5.69 Å². The van der Waals surface area contributed by atoms with Crippen LogP contribution in [-0.4, -0.2) is 37.1 Å². The molecule has 4 heterocycles. The van der Waals surface area contributed by atoms with Gasteiger partial charge in [0.1, 0.15) is 11.8 Å². The zero-order valence-electron chi connectivity index (χ0n) is 14.1. The van der Waals surface area contributed by atoms with Crippen LogP contribution in [-0.2, 0) is 6.42 Å². The second-order valence-electron chi connectivity index (χ2n) is 5.65. The van der Waals surface area contributed by atoms with Crippen LogP contribution in [0.15, 0.2) is 35.2 Å². The number of pyridine rings is 2. The van der Waals surface area contributed by atoms with Crippen LogP contribution in [0.1, 0.15) is 22.6 Å². The first kappa shape index (κ1) is 15.7. The highest BCUT2D eigenvalue weighted by molar-refractivity contribution is 5.87. The number of nitrogens with one attached hydrogen (secondary N) is 1. The first-order valence-electron chi connectivity index (χ1n) is 7.90. The van der Waals surface area contributed by atoms with Crippen molar-refractivity contribution in [3.63, 3.8) is 0 Å². The zero-order valence-corrected chi connectivity index (χ0v) is 14.1. The van der Waals surface area contributed by atoms with Gasteiger partial charge in [0.15, 0.2) is 11.2 Å². The third-order valence-electron chi connectivity index (χ3n) is 4.12. The molecule has 26 heavy (non-hydrogen) atoms. The van der Waals surface area contributed by atoms with Gasteiger partial charge in [-0.3, -0.25) is 0 Å². The van der Waals surface area contributed by atoms with Gasteiger partial charge in [-0.1, -0.05) is 0 Å². The molecule has 128 valence electrons. The number of nitrogens with zero attached hydrogens (tertiary/aromatic N) is 7. The predicted molar refractivity (Wildman–Crippen MR) is 92.8 cm³/mol. The fourth-order valence-corrected chi connectivity index (χ4v) is 2.90. The molecule has 0 unspecified atom stereocenters. The van der Waals surface area contributed by atoms with Crippen molar-refractivity contribution in [2.75, 3.05) is 12.4 Å². The van der Waals surface area contributed by atoms with Crippen molar-refractivity contribution in [3.05, 3.63) is 53.2 Å². The molecule has 0 aromatic carbocycles. The molecule has 0 bridgehead atoms. The molecular weight excluding hydrogens is 332 g/mol. The third-order valence-corrected chi connectivity index (χ3v) is 4.12. The van der Waals surface area contributed by atoms with Crippen LogP contribution in [0.25, 0.3) is 16.9 Å². The van der Waals surface area contributed by atoms with Crippen molar-refractivity contribution in [2.45, 2.75) is 13.3 Å². The van der Waals surface area contributed by atoms with Crippen LogP contribution < -0.4 is 5.32 Å². The highest BCUT2D eigenvalue weighted by Gasteiger charge is 2.17. The van der Waals surface area contributed by atoms with Crippen LogP contribution in [0.4, 0.5) is 5.69 Å². The van der Waals surface area contributed by atoms with E-state index in [9.17, 15) is 5.26 Å². The Morgan fingerprint density at radius 1 is 1.27 bits per heavy atom. The van der Waals surface area contributed by atoms with Gasteiger partial charge in [-0.2, -0.15) is 10.4 Å². The highest BCUT2D eigenvalue weighted by atomic mass is 16.6. The maximum absolute atomic E-state index is 9.47. The number of anilines is 1. The Kier molecular flexibility index (Phi) is 3.78. The number of hydrogen-bond donors (Lipinski definition) is 1. The lowest BCUT2D eigenvalue weighted by Crippen LogP contribution is -2.06. The standard InChI is InChI=1S/C17H14N8O/c1-10-12(15(19-2)16-17(21-10)24-26-23-16)8-11-4-5-14(13(9-18)22-11)25-7-3-6-20-25/h3-7,19H,8H2,1-2H3. The lowest BCUT2D eigenvalue weighted by molar-refractivity contribution is 0.315. The number of aryl methyl sites for hydroxylation is 1. The zero-order chi connectivity index (χ0) is 18.1. The average Bonchev–Trinajstić information content (AvgIpc) is 3.33. The second-order valence-corrected chi connectivity index (χ2v) is 5.65. The summed E-state index contributed by atoms with van der Waals surface area (Å²) in [6, 6.07) is 7.65. The quantitative estimate of drug-likeness (QED) is 0.596. The number of hydrogen-bond acceptors (Lipinski definition) is 8. The van der Waals surface area contributed by atoms with E-state index < -0.39 is 0 Å². The van der Waals surface area contributed by atoms with Crippen LogP contribution in [0, 0.1) is 18.3 Å². The SMILES string of the molecule is CNc1c(Cc2ccc(-n3cccn3)c(C#N)n2)c(C)nc2nonc12. The smallest absolute Gasteiger partial charge is 0.226 e. The summed E-state index contributed by atoms with van der Waals surface area (Å²) in [7, 11) is 1.81. The molecule has 9 heteroatoms. The van der Waals surface area contributed by atoms with E-state index in [0.29, 0.717) is 29.0 Å². The number of fused-ring (bicyclic) bond motifs is 1. The van der Waals surface area contributed by atoms with Gasteiger partial charge in [-0.25, -0.2) is 19.3 Å². The predicted octanol–water partition coefficient (Wildman–Crippen LogP) is 2.01. The first-order chi connectivity index (χ1) is 12.7. The van der Waals surface area contributed by atoms with Crippen molar-refractivity contribution in [1.82, 2.24) is 30.1 Å². The Bertz CT molecular complexity index is 1120. The van der Waals surface area contributed by atoms with Crippen molar-refractivity contribution >= 4 is 16.9 Å². The maximum Gasteiger partial charge on any atom is 0.226 e. The lowest BCUT2D eigenvalue weighted by Gasteiger charge is -2.12. The number of aromatic nitrogens is 6. The summed E-state index contributed by atoms with van der Waals surface area (Å²) in [6.07, 6.45) is 3.92. The van der Waals surface area contributed by atoms with Gasteiger partial charge in [0, 0.05) is 42.8 Å². The number of nitriles is 1. The van der Waals surface area contributed by atoms with Crippen molar-refractivity contribution in [2.24, 2.45) is 0 Å². The minimum atomic E-state index is 0.312. The second kappa shape index (κ2) is 6.25. The van der Waals surface area contributed by atoms with E-state index >= 15 is 0 Å². The molecule has 0 spiro atoms. The summed E-state index contributed by atoms with van der Waals surface area (Å²) in [6.45, 7) is 1.90. The minimum absolute atomic E-state index is 0.312. The van der Waals surface area contributed by atoms with Gasteiger partial charge in [0.2, 0.25) is 5.65 Å². The fraction of sp³-hybridized carbons (Fsp3) is 0.176. The molecule has 4 rings (SSSR count). The summed E-state index contributed by atoms with van der Waals surface area (Å²) in [5, 5.41) is 24.5. The summed E-state index contributed by atoms with van der Waals surface area (Å²) in [5.74, 6) is 0. The Morgan fingerprint density at radius 3 is 2.88 bits per heavy atom. The summed E-state index contributed by atoms with van der Waals surface area (Å²) >= 11 is 0. The van der Waals surface area contributed by atoms with E-state index in [0.717, 1.165) is 22.6 Å². The Morgan fingerprint density at radius 2 is 2.15 bits per heavy atom. The van der Waals surface area contributed by atoms with E-state index in [1.54, 1.807) is 30.2 Å². The molecule has 0 amide bonds. The molecular formula is C17H14N8O.